The van der Waals surface area contributed by atoms with Crippen LogP contribution in [0.2, 0.25) is 0 Å². The highest BCUT2D eigenvalue weighted by Gasteiger charge is 2.42. The van der Waals surface area contributed by atoms with Crippen LogP contribution < -0.4 is 10.5 Å². The van der Waals surface area contributed by atoms with E-state index in [1.165, 1.54) is 11.3 Å². The van der Waals surface area contributed by atoms with Crippen molar-refractivity contribution in [2.45, 2.75) is 32.2 Å². The molecule has 4 rings (SSSR count). The van der Waals surface area contributed by atoms with Crippen LogP contribution in [0.5, 0.6) is 5.75 Å². The number of hydrogen-bond acceptors (Lipinski definition) is 5. The van der Waals surface area contributed by atoms with E-state index >= 15 is 0 Å². The summed E-state index contributed by atoms with van der Waals surface area (Å²) < 4.78 is 5.61. The molecule has 2 N–H and O–H groups in total. The van der Waals surface area contributed by atoms with Crippen molar-refractivity contribution >= 4 is 17.2 Å². The number of carbonyl (C=O) groups is 1. The molecule has 138 valence electrons. The summed E-state index contributed by atoms with van der Waals surface area (Å²) in [4.78, 5) is 19.3. The molecule has 3 atom stereocenters. The molecule has 2 fully saturated rings. The molecule has 2 heterocycles. The van der Waals surface area contributed by atoms with Gasteiger partial charge in [-0.05, 0) is 55.4 Å². The number of benzene rings is 1. The maximum atomic E-state index is 12.8. The Hall–Kier alpha value is -1.92. The fourth-order valence-corrected chi connectivity index (χ4v) is 4.85. The highest BCUT2D eigenvalue weighted by molar-refractivity contribution is 7.13. The van der Waals surface area contributed by atoms with Gasteiger partial charge in [-0.3, -0.25) is 4.79 Å². The average molecular weight is 372 g/mol. The summed E-state index contributed by atoms with van der Waals surface area (Å²) in [6, 6.07) is 8.15. The molecule has 1 saturated heterocycles. The minimum absolute atomic E-state index is 0.0389. The largest absolute Gasteiger partial charge is 0.494 e. The SMILES string of the molecule is CCCOc1ccc(-c2nc(C(=O)N3CC4CCC(N)C4C3)cs2)cc1. The number of nitrogens with two attached hydrogens (primary N) is 1. The number of nitrogens with zero attached hydrogens (tertiary/aromatic N) is 2. The number of fused-ring (bicyclic) bond motifs is 1. The van der Waals surface area contributed by atoms with Crippen molar-refractivity contribution in [3.05, 3.63) is 35.3 Å². The number of likely N-dealkylation sites (tertiary alicyclic amines) is 1. The predicted octanol–water partition coefficient (Wildman–Crippen LogP) is 3.41. The van der Waals surface area contributed by atoms with Gasteiger partial charge in [0.05, 0.1) is 6.61 Å². The lowest BCUT2D eigenvalue weighted by Gasteiger charge is -2.17. The van der Waals surface area contributed by atoms with Gasteiger partial charge in [-0.1, -0.05) is 6.92 Å². The Morgan fingerprint density at radius 2 is 2.12 bits per heavy atom. The zero-order valence-electron chi connectivity index (χ0n) is 15.1. The van der Waals surface area contributed by atoms with Gasteiger partial charge in [-0.2, -0.15) is 0 Å². The Balaban J connectivity index is 1.43. The van der Waals surface area contributed by atoms with E-state index in [-0.39, 0.29) is 11.9 Å². The molecule has 5 nitrogen and oxygen atoms in total. The van der Waals surface area contributed by atoms with E-state index in [0.29, 0.717) is 17.5 Å². The third kappa shape index (κ3) is 3.35. The molecular formula is C20H25N3O2S. The number of hydrogen-bond donors (Lipinski definition) is 1. The third-order valence-electron chi connectivity index (χ3n) is 5.50. The van der Waals surface area contributed by atoms with Crippen molar-refractivity contribution in [3.63, 3.8) is 0 Å². The monoisotopic (exact) mass is 371 g/mol. The molecule has 0 spiro atoms. The van der Waals surface area contributed by atoms with Crippen molar-refractivity contribution in [2.75, 3.05) is 19.7 Å². The number of rotatable bonds is 5. The number of thiazole rings is 1. The minimum atomic E-state index is 0.0389. The van der Waals surface area contributed by atoms with E-state index in [9.17, 15) is 4.79 Å². The van der Waals surface area contributed by atoms with Crippen LogP contribution in [0, 0.1) is 11.8 Å². The van der Waals surface area contributed by atoms with Gasteiger partial charge in [0.15, 0.2) is 0 Å². The van der Waals surface area contributed by atoms with Crippen molar-refractivity contribution in [1.29, 1.82) is 0 Å². The normalized spacial score (nSPS) is 24.7. The number of amides is 1. The van der Waals surface area contributed by atoms with Crippen LogP contribution in [-0.4, -0.2) is 41.5 Å². The van der Waals surface area contributed by atoms with Crippen LogP contribution in [0.4, 0.5) is 0 Å². The van der Waals surface area contributed by atoms with E-state index in [2.05, 4.69) is 11.9 Å². The van der Waals surface area contributed by atoms with E-state index in [1.807, 2.05) is 34.5 Å². The molecule has 1 aliphatic heterocycles. The maximum Gasteiger partial charge on any atom is 0.273 e. The number of aromatic nitrogens is 1. The summed E-state index contributed by atoms with van der Waals surface area (Å²) in [6.45, 7) is 4.41. The molecular weight excluding hydrogens is 346 g/mol. The van der Waals surface area contributed by atoms with E-state index in [4.69, 9.17) is 10.5 Å². The molecule has 2 aromatic rings. The second-order valence-corrected chi connectivity index (χ2v) is 8.14. The Kier molecular flexibility index (Phi) is 4.96. The fourth-order valence-electron chi connectivity index (χ4n) is 4.05. The highest BCUT2D eigenvalue weighted by atomic mass is 32.1. The van der Waals surface area contributed by atoms with Crippen LogP contribution in [0.25, 0.3) is 10.6 Å². The lowest BCUT2D eigenvalue weighted by Crippen LogP contribution is -2.33. The van der Waals surface area contributed by atoms with Crippen molar-refractivity contribution in [2.24, 2.45) is 17.6 Å². The summed E-state index contributed by atoms with van der Waals surface area (Å²) in [5.41, 5.74) is 7.74. The second-order valence-electron chi connectivity index (χ2n) is 7.29. The molecule has 3 unspecified atom stereocenters. The van der Waals surface area contributed by atoms with Crippen LogP contribution in [0.15, 0.2) is 29.6 Å². The van der Waals surface area contributed by atoms with Crippen molar-refractivity contribution < 1.29 is 9.53 Å². The summed E-state index contributed by atoms with van der Waals surface area (Å²) >= 11 is 1.51. The Morgan fingerprint density at radius 3 is 2.85 bits per heavy atom. The second kappa shape index (κ2) is 7.37. The molecule has 2 aliphatic rings. The minimum Gasteiger partial charge on any atom is -0.494 e. The highest BCUT2D eigenvalue weighted by Crippen LogP contribution is 2.37. The van der Waals surface area contributed by atoms with Crippen LogP contribution in [0.3, 0.4) is 0 Å². The maximum absolute atomic E-state index is 12.8. The molecule has 1 aromatic carbocycles. The standard InChI is InChI=1S/C20H25N3O2S/c1-2-9-25-15-6-3-13(4-7-15)19-22-18(12-26-19)20(24)23-10-14-5-8-17(21)16(14)11-23/h3-4,6-7,12,14,16-17H,2,5,8-11,21H2,1H3. The van der Waals surface area contributed by atoms with Gasteiger partial charge in [0.2, 0.25) is 0 Å². The van der Waals surface area contributed by atoms with Gasteiger partial charge in [-0.15, -0.1) is 11.3 Å². The molecule has 1 saturated carbocycles. The van der Waals surface area contributed by atoms with Gasteiger partial charge in [0, 0.05) is 30.1 Å². The van der Waals surface area contributed by atoms with Gasteiger partial charge in [0.1, 0.15) is 16.5 Å². The zero-order valence-corrected chi connectivity index (χ0v) is 15.9. The smallest absolute Gasteiger partial charge is 0.273 e. The number of carbonyl (C=O) groups excluding carboxylic acids is 1. The molecule has 1 aromatic heterocycles. The molecule has 1 amide bonds. The first kappa shape index (κ1) is 17.5. The quantitative estimate of drug-likeness (QED) is 0.874. The zero-order chi connectivity index (χ0) is 18.1. The molecule has 0 bridgehead atoms. The summed E-state index contributed by atoms with van der Waals surface area (Å²) in [5, 5.41) is 2.74. The first-order chi connectivity index (χ1) is 12.7. The summed E-state index contributed by atoms with van der Waals surface area (Å²) in [6.07, 6.45) is 3.23. The Morgan fingerprint density at radius 1 is 1.31 bits per heavy atom. The third-order valence-corrected chi connectivity index (χ3v) is 6.39. The van der Waals surface area contributed by atoms with Crippen molar-refractivity contribution in [1.82, 2.24) is 9.88 Å². The van der Waals surface area contributed by atoms with Gasteiger partial charge >= 0.3 is 0 Å². The predicted molar refractivity (Wildman–Crippen MR) is 103 cm³/mol. The number of ether oxygens (including phenoxy) is 1. The van der Waals surface area contributed by atoms with E-state index in [1.54, 1.807) is 0 Å². The van der Waals surface area contributed by atoms with Crippen LogP contribution in [0.1, 0.15) is 36.7 Å². The van der Waals surface area contributed by atoms with E-state index < -0.39 is 0 Å². The Bertz CT molecular complexity index is 774. The topological polar surface area (TPSA) is 68.5 Å². The Labute approximate surface area is 158 Å². The molecule has 26 heavy (non-hydrogen) atoms. The average Bonchev–Trinajstić information content (AvgIpc) is 3.37. The van der Waals surface area contributed by atoms with Crippen molar-refractivity contribution in [3.8, 4) is 16.3 Å². The first-order valence-electron chi connectivity index (χ1n) is 9.39. The summed E-state index contributed by atoms with van der Waals surface area (Å²) in [5.74, 6) is 1.94. The lowest BCUT2D eigenvalue weighted by molar-refractivity contribution is 0.0774. The molecule has 0 radical (unpaired) electrons. The first-order valence-corrected chi connectivity index (χ1v) is 10.3. The van der Waals surface area contributed by atoms with Gasteiger partial charge < -0.3 is 15.4 Å². The van der Waals surface area contributed by atoms with Gasteiger partial charge in [-0.25, -0.2) is 4.98 Å². The fraction of sp³-hybridized carbons (Fsp3) is 0.500. The van der Waals surface area contributed by atoms with Gasteiger partial charge in [0.25, 0.3) is 5.91 Å². The summed E-state index contributed by atoms with van der Waals surface area (Å²) in [7, 11) is 0. The van der Waals surface area contributed by atoms with Crippen LogP contribution in [-0.2, 0) is 0 Å². The van der Waals surface area contributed by atoms with Crippen LogP contribution >= 0.6 is 11.3 Å². The molecule has 1 aliphatic carbocycles. The van der Waals surface area contributed by atoms with E-state index in [0.717, 1.165) is 55.3 Å². The molecule has 6 heteroatoms. The lowest BCUT2D eigenvalue weighted by atomic mass is 9.98.